The number of H-pyrrole nitrogens is 1. The van der Waals surface area contributed by atoms with Crippen LogP contribution in [0.4, 0.5) is 5.69 Å². The SMILES string of the molecule is C=C(C(=N)Nc1cc2cn[nH]c2cc1OC)C1=CC[C@@H](C(=O)O)CC1. The van der Waals surface area contributed by atoms with Crippen molar-refractivity contribution >= 4 is 28.4 Å². The van der Waals surface area contributed by atoms with Crippen molar-refractivity contribution in [3.63, 3.8) is 0 Å². The van der Waals surface area contributed by atoms with Gasteiger partial charge in [-0.05, 0) is 30.9 Å². The second-order valence-electron chi connectivity index (χ2n) is 6.03. The number of nitrogens with zero attached hydrogens (tertiary/aromatic N) is 1. The molecule has 1 aliphatic carbocycles. The Morgan fingerprint density at radius 1 is 1.52 bits per heavy atom. The van der Waals surface area contributed by atoms with Crippen molar-refractivity contribution in [1.82, 2.24) is 10.2 Å². The Bertz CT molecular complexity index is 882. The molecular formula is C18H20N4O3. The van der Waals surface area contributed by atoms with E-state index in [1.807, 2.05) is 18.2 Å². The van der Waals surface area contributed by atoms with E-state index in [4.69, 9.17) is 15.3 Å². The third-order valence-corrected chi connectivity index (χ3v) is 4.47. The van der Waals surface area contributed by atoms with E-state index in [0.717, 1.165) is 16.5 Å². The quantitative estimate of drug-likeness (QED) is 0.493. The summed E-state index contributed by atoms with van der Waals surface area (Å²) >= 11 is 0. The van der Waals surface area contributed by atoms with E-state index >= 15 is 0 Å². The Morgan fingerprint density at radius 2 is 2.32 bits per heavy atom. The Kier molecular flexibility index (Phi) is 4.56. The van der Waals surface area contributed by atoms with Crippen LogP contribution in [-0.4, -0.2) is 34.2 Å². The fourth-order valence-corrected chi connectivity index (χ4v) is 2.94. The Hall–Kier alpha value is -3.09. The number of ether oxygens (including phenoxy) is 1. The van der Waals surface area contributed by atoms with E-state index < -0.39 is 5.97 Å². The summed E-state index contributed by atoms with van der Waals surface area (Å²) in [6, 6.07) is 3.67. The van der Waals surface area contributed by atoms with E-state index in [1.165, 1.54) is 0 Å². The van der Waals surface area contributed by atoms with Crippen molar-refractivity contribution in [3.8, 4) is 5.75 Å². The van der Waals surface area contributed by atoms with Gasteiger partial charge in [-0.15, -0.1) is 0 Å². The normalized spacial score (nSPS) is 17.0. The highest BCUT2D eigenvalue weighted by atomic mass is 16.5. The first kappa shape index (κ1) is 16.8. The molecule has 7 nitrogen and oxygen atoms in total. The van der Waals surface area contributed by atoms with Gasteiger partial charge in [-0.2, -0.15) is 5.10 Å². The van der Waals surface area contributed by atoms with Crippen molar-refractivity contribution in [2.24, 2.45) is 5.92 Å². The molecule has 0 unspecified atom stereocenters. The number of aromatic nitrogens is 2. The number of aliphatic carboxylic acids is 1. The minimum absolute atomic E-state index is 0.168. The molecule has 130 valence electrons. The molecule has 1 aromatic carbocycles. The van der Waals surface area contributed by atoms with Gasteiger partial charge in [0.05, 0.1) is 30.4 Å². The molecule has 0 bridgehead atoms. The maximum atomic E-state index is 11.0. The smallest absolute Gasteiger partial charge is 0.306 e. The molecule has 1 aromatic heterocycles. The van der Waals surface area contributed by atoms with Gasteiger partial charge in [-0.3, -0.25) is 15.3 Å². The molecule has 0 spiro atoms. The number of aromatic amines is 1. The molecule has 1 atom stereocenters. The van der Waals surface area contributed by atoms with Crippen molar-refractivity contribution in [3.05, 3.63) is 42.1 Å². The van der Waals surface area contributed by atoms with Gasteiger partial charge in [0.15, 0.2) is 0 Å². The molecule has 0 amide bonds. The molecule has 0 saturated heterocycles. The highest BCUT2D eigenvalue weighted by Gasteiger charge is 2.23. The number of hydrogen-bond donors (Lipinski definition) is 4. The number of nitrogens with one attached hydrogen (secondary N) is 3. The number of amidine groups is 1. The topological polar surface area (TPSA) is 111 Å². The highest BCUT2D eigenvalue weighted by Crippen LogP contribution is 2.31. The summed E-state index contributed by atoms with van der Waals surface area (Å²) in [6.07, 6.45) is 5.22. The molecule has 1 heterocycles. The average molecular weight is 340 g/mol. The van der Waals surface area contributed by atoms with E-state index in [1.54, 1.807) is 13.3 Å². The number of carbonyl (C=O) groups is 1. The molecule has 0 aliphatic heterocycles. The molecule has 2 aromatic rings. The highest BCUT2D eigenvalue weighted by molar-refractivity contribution is 6.09. The summed E-state index contributed by atoms with van der Waals surface area (Å²) < 4.78 is 5.37. The zero-order chi connectivity index (χ0) is 18.0. The van der Waals surface area contributed by atoms with Crippen LogP contribution in [0.1, 0.15) is 19.3 Å². The van der Waals surface area contributed by atoms with Gasteiger partial charge in [-0.25, -0.2) is 0 Å². The number of hydrogen-bond acceptors (Lipinski definition) is 4. The first-order valence-electron chi connectivity index (χ1n) is 7.97. The fraction of sp³-hybridized carbons (Fsp3) is 0.278. The van der Waals surface area contributed by atoms with Crippen molar-refractivity contribution < 1.29 is 14.6 Å². The lowest BCUT2D eigenvalue weighted by Crippen LogP contribution is -2.20. The minimum atomic E-state index is -0.771. The zero-order valence-electron chi connectivity index (χ0n) is 13.9. The minimum Gasteiger partial charge on any atom is -0.494 e. The number of benzene rings is 1. The second kappa shape index (κ2) is 6.80. The number of anilines is 1. The molecule has 0 saturated carbocycles. The van der Waals surface area contributed by atoms with Crippen molar-refractivity contribution in [1.29, 1.82) is 5.41 Å². The lowest BCUT2D eigenvalue weighted by atomic mass is 9.86. The van der Waals surface area contributed by atoms with Crippen LogP contribution in [-0.2, 0) is 4.79 Å². The molecule has 3 rings (SSSR count). The van der Waals surface area contributed by atoms with E-state index in [2.05, 4.69) is 22.1 Å². The predicted octanol–water partition coefficient (Wildman–Crippen LogP) is 3.33. The van der Waals surface area contributed by atoms with Crippen LogP contribution < -0.4 is 10.1 Å². The predicted molar refractivity (Wildman–Crippen MR) is 96.2 cm³/mol. The van der Waals surface area contributed by atoms with Crippen LogP contribution in [0.3, 0.4) is 0 Å². The van der Waals surface area contributed by atoms with Crippen LogP contribution in [0.15, 0.2) is 42.1 Å². The second-order valence-corrected chi connectivity index (χ2v) is 6.03. The molecule has 7 heteroatoms. The number of methoxy groups -OCH3 is 1. The van der Waals surface area contributed by atoms with E-state index in [-0.39, 0.29) is 11.8 Å². The van der Waals surface area contributed by atoms with Gasteiger partial charge in [0.25, 0.3) is 0 Å². The lowest BCUT2D eigenvalue weighted by Gasteiger charge is -2.21. The van der Waals surface area contributed by atoms with Crippen LogP contribution in [0, 0.1) is 11.3 Å². The first-order chi connectivity index (χ1) is 12.0. The van der Waals surface area contributed by atoms with Crippen LogP contribution in [0.2, 0.25) is 0 Å². The third kappa shape index (κ3) is 3.40. The summed E-state index contributed by atoms with van der Waals surface area (Å²) in [4.78, 5) is 11.0. The number of rotatable bonds is 5. The number of allylic oxidation sites excluding steroid dienone is 1. The van der Waals surface area contributed by atoms with Gasteiger partial charge < -0.3 is 15.2 Å². The lowest BCUT2D eigenvalue weighted by molar-refractivity contribution is -0.141. The summed E-state index contributed by atoms with van der Waals surface area (Å²) in [7, 11) is 1.57. The molecule has 0 radical (unpaired) electrons. The Balaban J connectivity index is 1.76. The number of carboxylic acid groups (broad SMARTS) is 1. The maximum Gasteiger partial charge on any atom is 0.306 e. The van der Waals surface area contributed by atoms with Gasteiger partial charge >= 0.3 is 5.97 Å². The maximum absolute atomic E-state index is 11.0. The third-order valence-electron chi connectivity index (χ3n) is 4.47. The van der Waals surface area contributed by atoms with Crippen LogP contribution >= 0.6 is 0 Å². The largest absolute Gasteiger partial charge is 0.494 e. The Morgan fingerprint density at radius 3 is 2.96 bits per heavy atom. The Labute approximate surface area is 144 Å². The molecule has 25 heavy (non-hydrogen) atoms. The van der Waals surface area contributed by atoms with Gasteiger partial charge in [0, 0.05) is 17.0 Å². The molecule has 4 N–H and O–H groups in total. The van der Waals surface area contributed by atoms with Crippen molar-refractivity contribution in [2.75, 3.05) is 12.4 Å². The standard InChI is InChI=1S/C18H20N4O3/c1-10(11-3-5-12(6-4-11)18(23)24)17(19)21-15-7-13-9-20-22-14(13)8-16(15)25-2/h3,7-9,12H,1,4-6H2,2H3,(H2,19,21)(H,20,22)(H,23,24)/t12-/m1/s1. The van der Waals surface area contributed by atoms with Crippen molar-refractivity contribution in [2.45, 2.75) is 19.3 Å². The molecular weight excluding hydrogens is 320 g/mol. The fourth-order valence-electron chi connectivity index (χ4n) is 2.94. The monoisotopic (exact) mass is 340 g/mol. The summed E-state index contributed by atoms with van der Waals surface area (Å²) in [5, 5.41) is 28.2. The van der Waals surface area contributed by atoms with Gasteiger partial charge in [0.1, 0.15) is 11.6 Å². The molecule has 1 aliphatic rings. The zero-order valence-corrected chi connectivity index (χ0v) is 13.9. The van der Waals surface area contributed by atoms with E-state index in [9.17, 15) is 4.79 Å². The van der Waals surface area contributed by atoms with Crippen LogP contribution in [0.25, 0.3) is 10.9 Å². The summed E-state index contributed by atoms with van der Waals surface area (Å²) in [5.41, 5.74) is 2.99. The summed E-state index contributed by atoms with van der Waals surface area (Å²) in [5.74, 6) is -0.353. The average Bonchev–Trinajstić information content (AvgIpc) is 3.07. The first-order valence-corrected chi connectivity index (χ1v) is 7.97. The van der Waals surface area contributed by atoms with Crippen LogP contribution in [0.5, 0.6) is 5.75 Å². The number of carboxylic acids is 1. The molecule has 0 fully saturated rings. The van der Waals surface area contributed by atoms with E-state index in [0.29, 0.717) is 36.3 Å². The van der Waals surface area contributed by atoms with Gasteiger partial charge in [0.2, 0.25) is 0 Å². The van der Waals surface area contributed by atoms with Gasteiger partial charge in [-0.1, -0.05) is 12.7 Å². The summed E-state index contributed by atoms with van der Waals surface area (Å²) in [6.45, 7) is 3.99. The number of fused-ring (bicyclic) bond motifs is 1.